The summed E-state index contributed by atoms with van der Waals surface area (Å²) in [6, 6.07) is 0. The van der Waals surface area contributed by atoms with Crippen molar-refractivity contribution < 1.29 is 10.2 Å². The van der Waals surface area contributed by atoms with Crippen molar-refractivity contribution in [2.45, 2.75) is 57.5 Å². The molecule has 0 saturated carbocycles. The highest BCUT2D eigenvalue weighted by molar-refractivity contribution is 5.10. The molecule has 0 heterocycles. The van der Waals surface area contributed by atoms with E-state index in [1.165, 1.54) is 18.4 Å². The van der Waals surface area contributed by atoms with Crippen LogP contribution in [0.2, 0.25) is 0 Å². The number of rotatable bonds is 6. The summed E-state index contributed by atoms with van der Waals surface area (Å²) in [5, 5.41) is 18.4. The minimum Gasteiger partial charge on any atom is -0.396 e. The molecule has 1 rings (SSSR count). The standard InChI is InChI=1S/C12H22O2/c13-10-6-2-5-9-12(14)11-7-3-1-4-8-11/h7,12-14H,1-6,8-10H2. The van der Waals surface area contributed by atoms with Crippen molar-refractivity contribution in [1.82, 2.24) is 0 Å². The predicted octanol–water partition coefficient (Wildman–Crippen LogP) is 2.40. The third-order valence-corrected chi connectivity index (χ3v) is 2.89. The predicted molar refractivity (Wildman–Crippen MR) is 58.1 cm³/mol. The molecule has 0 spiro atoms. The van der Waals surface area contributed by atoms with E-state index in [4.69, 9.17) is 5.11 Å². The third-order valence-electron chi connectivity index (χ3n) is 2.89. The molecule has 0 aromatic carbocycles. The van der Waals surface area contributed by atoms with Crippen molar-refractivity contribution in [2.75, 3.05) is 6.61 Å². The maximum atomic E-state index is 9.84. The Labute approximate surface area is 86.6 Å². The lowest BCUT2D eigenvalue weighted by molar-refractivity contribution is 0.187. The molecule has 1 aliphatic carbocycles. The molecule has 14 heavy (non-hydrogen) atoms. The molecule has 1 aliphatic rings. The number of aliphatic hydroxyl groups excluding tert-OH is 2. The van der Waals surface area contributed by atoms with Crippen LogP contribution in [0.25, 0.3) is 0 Å². The average molecular weight is 198 g/mol. The van der Waals surface area contributed by atoms with Crippen molar-refractivity contribution in [3.63, 3.8) is 0 Å². The van der Waals surface area contributed by atoms with Crippen molar-refractivity contribution >= 4 is 0 Å². The first-order valence-corrected chi connectivity index (χ1v) is 5.82. The highest BCUT2D eigenvalue weighted by Gasteiger charge is 2.12. The molecule has 82 valence electrons. The smallest absolute Gasteiger partial charge is 0.0750 e. The number of unbranched alkanes of at least 4 members (excludes halogenated alkanes) is 2. The van der Waals surface area contributed by atoms with E-state index in [1.54, 1.807) is 0 Å². The van der Waals surface area contributed by atoms with Gasteiger partial charge in [0.2, 0.25) is 0 Å². The van der Waals surface area contributed by atoms with Gasteiger partial charge in [-0.25, -0.2) is 0 Å². The van der Waals surface area contributed by atoms with E-state index >= 15 is 0 Å². The molecule has 2 heteroatoms. The first-order valence-electron chi connectivity index (χ1n) is 5.82. The number of hydrogen-bond donors (Lipinski definition) is 2. The average Bonchev–Trinajstić information content (AvgIpc) is 2.25. The molecule has 0 aromatic heterocycles. The van der Waals surface area contributed by atoms with E-state index in [2.05, 4.69) is 6.08 Å². The summed E-state index contributed by atoms with van der Waals surface area (Å²) in [6.45, 7) is 0.277. The van der Waals surface area contributed by atoms with E-state index < -0.39 is 0 Å². The first kappa shape index (κ1) is 11.7. The van der Waals surface area contributed by atoms with Crippen molar-refractivity contribution in [3.8, 4) is 0 Å². The van der Waals surface area contributed by atoms with Crippen LogP contribution in [0.15, 0.2) is 11.6 Å². The van der Waals surface area contributed by atoms with Crippen LogP contribution in [-0.2, 0) is 0 Å². The van der Waals surface area contributed by atoms with E-state index in [1.807, 2.05) is 0 Å². The van der Waals surface area contributed by atoms with Gasteiger partial charge < -0.3 is 10.2 Å². The van der Waals surface area contributed by atoms with Gasteiger partial charge in [0, 0.05) is 6.61 Å². The lowest BCUT2D eigenvalue weighted by Gasteiger charge is -2.18. The Morgan fingerprint density at radius 2 is 2.07 bits per heavy atom. The minimum atomic E-state index is -0.214. The van der Waals surface area contributed by atoms with Gasteiger partial charge in [-0.05, 0) is 44.1 Å². The monoisotopic (exact) mass is 198 g/mol. The van der Waals surface area contributed by atoms with E-state index in [0.717, 1.165) is 38.5 Å². The Hall–Kier alpha value is -0.340. The molecule has 0 aromatic rings. The van der Waals surface area contributed by atoms with Gasteiger partial charge in [-0.3, -0.25) is 0 Å². The summed E-state index contributed by atoms with van der Waals surface area (Å²) in [4.78, 5) is 0. The van der Waals surface area contributed by atoms with Crippen LogP contribution in [0, 0.1) is 0 Å². The Kier molecular flexibility index (Phi) is 5.88. The Morgan fingerprint density at radius 3 is 2.71 bits per heavy atom. The Balaban J connectivity index is 2.13. The zero-order valence-electron chi connectivity index (χ0n) is 8.91. The fourth-order valence-corrected chi connectivity index (χ4v) is 1.98. The van der Waals surface area contributed by atoms with E-state index in [9.17, 15) is 5.11 Å². The second-order valence-corrected chi connectivity index (χ2v) is 4.11. The summed E-state index contributed by atoms with van der Waals surface area (Å²) in [7, 11) is 0. The fraction of sp³-hybridized carbons (Fsp3) is 0.833. The Bertz CT molecular complexity index is 175. The van der Waals surface area contributed by atoms with Gasteiger partial charge in [0.15, 0.2) is 0 Å². The molecule has 2 nitrogen and oxygen atoms in total. The summed E-state index contributed by atoms with van der Waals surface area (Å²) < 4.78 is 0. The fourth-order valence-electron chi connectivity index (χ4n) is 1.98. The molecular weight excluding hydrogens is 176 g/mol. The molecule has 1 atom stereocenters. The maximum Gasteiger partial charge on any atom is 0.0750 e. The van der Waals surface area contributed by atoms with Gasteiger partial charge in [0.05, 0.1) is 6.10 Å². The highest BCUT2D eigenvalue weighted by atomic mass is 16.3. The second kappa shape index (κ2) is 7.02. The first-order chi connectivity index (χ1) is 6.84. The van der Waals surface area contributed by atoms with Crippen LogP contribution in [-0.4, -0.2) is 22.9 Å². The molecule has 0 amide bonds. The van der Waals surface area contributed by atoms with Gasteiger partial charge in [-0.2, -0.15) is 0 Å². The number of aliphatic hydroxyl groups is 2. The van der Waals surface area contributed by atoms with Crippen molar-refractivity contribution in [2.24, 2.45) is 0 Å². The van der Waals surface area contributed by atoms with Crippen LogP contribution >= 0.6 is 0 Å². The topological polar surface area (TPSA) is 40.5 Å². The van der Waals surface area contributed by atoms with E-state index in [0.29, 0.717) is 0 Å². The minimum absolute atomic E-state index is 0.214. The maximum absolute atomic E-state index is 9.84. The van der Waals surface area contributed by atoms with Crippen LogP contribution in [0.1, 0.15) is 51.4 Å². The molecule has 0 fully saturated rings. The molecule has 0 radical (unpaired) electrons. The van der Waals surface area contributed by atoms with Crippen LogP contribution < -0.4 is 0 Å². The second-order valence-electron chi connectivity index (χ2n) is 4.11. The molecule has 2 N–H and O–H groups in total. The third kappa shape index (κ3) is 4.25. The SMILES string of the molecule is OCCCCCC(O)C1=CCCCC1. The van der Waals surface area contributed by atoms with Gasteiger partial charge >= 0.3 is 0 Å². The number of allylic oxidation sites excluding steroid dienone is 1. The normalized spacial score (nSPS) is 19.1. The molecule has 1 unspecified atom stereocenters. The van der Waals surface area contributed by atoms with Crippen LogP contribution in [0.5, 0.6) is 0 Å². The summed E-state index contributed by atoms with van der Waals surface area (Å²) in [5.41, 5.74) is 1.25. The summed E-state index contributed by atoms with van der Waals surface area (Å²) >= 11 is 0. The van der Waals surface area contributed by atoms with Crippen LogP contribution in [0.3, 0.4) is 0 Å². The Morgan fingerprint density at radius 1 is 1.21 bits per heavy atom. The highest BCUT2D eigenvalue weighted by Crippen LogP contribution is 2.22. The molecule has 0 aliphatic heterocycles. The summed E-state index contributed by atoms with van der Waals surface area (Å²) in [5.74, 6) is 0. The quantitative estimate of drug-likeness (QED) is 0.508. The van der Waals surface area contributed by atoms with Gasteiger partial charge in [0.1, 0.15) is 0 Å². The number of hydrogen-bond acceptors (Lipinski definition) is 2. The van der Waals surface area contributed by atoms with E-state index in [-0.39, 0.29) is 12.7 Å². The van der Waals surface area contributed by atoms with Crippen molar-refractivity contribution in [1.29, 1.82) is 0 Å². The van der Waals surface area contributed by atoms with Crippen molar-refractivity contribution in [3.05, 3.63) is 11.6 Å². The zero-order chi connectivity index (χ0) is 10.2. The van der Waals surface area contributed by atoms with Gasteiger partial charge in [0.25, 0.3) is 0 Å². The lowest BCUT2D eigenvalue weighted by Crippen LogP contribution is -2.12. The zero-order valence-corrected chi connectivity index (χ0v) is 8.91. The molecular formula is C12H22O2. The van der Waals surface area contributed by atoms with Gasteiger partial charge in [-0.1, -0.05) is 18.9 Å². The largest absolute Gasteiger partial charge is 0.396 e. The van der Waals surface area contributed by atoms with Crippen LogP contribution in [0.4, 0.5) is 0 Å². The van der Waals surface area contributed by atoms with Gasteiger partial charge in [-0.15, -0.1) is 0 Å². The molecule has 0 bridgehead atoms. The summed E-state index contributed by atoms with van der Waals surface area (Å²) in [6.07, 6.45) is 10.5. The molecule has 0 saturated heterocycles. The lowest BCUT2D eigenvalue weighted by atomic mass is 9.93.